The fourth-order valence-electron chi connectivity index (χ4n) is 4.95. The maximum absolute atomic E-state index is 8.25. The van der Waals surface area contributed by atoms with E-state index in [2.05, 4.69) is 127 Å². The fourth-order valence-corrected chi connectivity index (χ4v) is 4.95. The topological polar surface area (TPSA) is 161 Å². The van der Waals surface area contributed by atoms with Gasteiger partial charge in [-0.3, -0.25) is 14.9 Å². The van der Waals surface area contributed by atoms with Crippen molar-refractivity contribution in [3.8, 4) is 0 Å². The molecule has 2 heterocycles. The largest absolute Gasteiger partial charge is 2.00 e. The summed E-state index contributed by atoms with van der Waals surface area (Å²) < 4.78 is 0. The Balaban J connectivity index is 0.000000528. The molecule has 4 aromatic carbocycles. The van der Waals surface area contributed by atoms with Crippen molar-refractivity contribution in [2.75, 3.05) is 0 Å². The van der Waals surface area contributed by atoms with Crippen LogP contribution >= 0.6 is 0 Å². The summed E-state index contributed by atoms with van der Waals surface area (Å²) in [6.45, 7) is 3.78. The summed E-state index contributed by atoms with van der Waals surface area (Å²) in [5.41, 5.74) is 5.52. The molecule has 0 spiro atoms. The molecule has 12 heteroatoms. The SMILES string of the molecule is C[C@@H](c1cccc2ccccc12)N(Cc1ccc2ccccc2n1)Cc1ccc2ccccc2n1.O=[N+]([O-])[O-].O=[N+]([O-])[O-].[Zn+2]. The molecule has 1 atom stereocenters. The zero-order valence-corrected chi connectivity index (χ0v) is 26.8. The number of aromatic nitrogens is 2. The standard InChI is InChI=1S/C32H27N3.2NO3.Zn/c1-23(29-14-8-12-24-9-2-5-13-30(24)29)35(21-27-19-17-25-10-3-6-15-31(25)33-27)22-28-20-18-26-11-4-7-16-32(26)34-28;2*2-1(3)4;/h2-20,23H,21-22H2,1H3;;;/q;2*-1;+2/t23-;;;/m0.../s1. The van der Waals surface area contributed by atoms with Gasteiger partial charge in [-0.25, -0.2) is 0 Å². The van der Waals surface area contributed by atoms with Crippen LogP contribution in [0.2, 0.25) is 0 Å². The van der Waals surface area contributed by atoms with Crippen molar-refractivity contribution >= 4 is 32.6 Å². The molecule has 0 N–H and O–H groups in total. The van der Waals surface area contributed by atoms with Crippen LogP contribution in [0.3, 0.4) is 0 Å². The van der Waals surface area contributed by atoms with Gasteiger partial charge in [0.1, 0.15) is 0 Å². The number of rotatable bonds is 6. The first-order valence-electron chi connectivity index (χ1n) is 13.3. The molecule has 0 radical (unpaired) electrons. The minimum Gasteiger partial charge on any atom is -0.356 e. The molecule has 0 aliphatic rings. The Bertz CT molecular complexity index is 1770. The molecular weight excluding hydrogens is 616 g/mol. The second-order valence-corrected chi connectivity index (χ2v) is 9.59. The van der Waals surface area contributed by atoms with E-state index in [0.29, 0.717) is 0 Å². The van der Waals surface area contributed by atoms with E-state index in [9.17, 15) is 0 Å². The first kappa shape index (κ1) is 33.4. The van der Waals surface area contributed by atoms with E-state index < -0.39 is 10.2 Å². The molecule has 0 bridgehead atoms. The summed E-state index contributed by atoms with van der Waals surface area (Å²) in [6.07, 6.45) is 0. The Kier molecular flexibility index (Phi) is 12.1. The molecule has 0 unspecified atom stereocenters. The number of pyridine rings is 2. The molecule has 44 heavy (non-hydrogen) atoms. The van der Waals surface area contributed by atoms with Gasteiger partial charge in [-0.05, 0) is 47.5 Å². The minimum atomic E-state index is -1.75. The molecule has 0 saturated carbocycles. The van der Waals surface area contributed by atoms with Crippen LogP contribution in [0.1, 0.15) is 29.9 Å². The van der Waals surface area contributed by atoms with Gasteiger partial charge in [-0.15, -0.1) is 0 Å². The van der Waals surface area contributed by atoms with E-state index in [-0.39, 0.29) is 25.5 Å². The Hall–Kier alpha value is -5.06. The summed E-state index contributed by atoms with van der Waals surface area (Å²) in [5, 5.41) is 34.4. The molecule has 6 aromatic rings. The van der Waals surface area contributed by atoms with E-state index in [1.54, 1.807) is 0 Å². The molecule has 11 nitrogen and oxygen atoms in total. The maximum Gasteiger partial charge on any atom is 2.00 e. The van der Waals surface area contributed by atoms with Crippen molar-refractivity contribution in [3.63, 3.8) is 0 Å². The maximum atomic E-state index is 8.25. The van der Waals surface area contributed by atoms with Crippen molar-refractivity contribution in [1.29, 1.82) is 0 Å². The third-order valence-electron chi connectivity index (χ3n) is 6.86. The van der Waals surface area contributed by atoms with Crippen LogP contribution in [0.5, 0.6) is 0 Å². The van der Waals surface area contributed by atoms with Gasteiger partial charge in [0.05, 0.1) is 32.6 Å². The van der Waals surface area contributed by atoms with Gasteiger partial charge in [0, 0.05) is 29.9 Å². The average molecular weight is 643 g/mol. The molecule has 0 aliphatic heterocycles. The third-order valence-corrected chi connectivity index (χ3v) is 6.86. The molecule has 2 aromatic heterocycles. The van der Waals surface area contributed by atoms with Crippen molar-refractivity contribution in [2.45, 2.75) is 26.1 Å². The van der Waals surface area contributed by atoms with E-state index in [1.807, 2.05) is 0 Å². The summed E-state index contributed by atoms with van der Waals surface area (Å²) in [7, 11) is 0. The Morgan fingerprint density at radius 3 is 1.50 bits per heavy atom. The van der Waals surface area contributed by atoms with Crippen LogP contribution in [0, 0.1) is 30.6 Å². The predicted octanol–water partition coefficient (Wildman–Crippen LogP) is 7.22. The van der Waals surface area contributed by atoms with Gasteiger partial charge < -0.3 is 30.6 Å². The Labute approximate surface area is 265 Å². The molecule has 218 valence electrons. The number of hydrogen-bond acceptors (Lipinski definition) is 9. The van der Waals surface area contributed by atoms with Crippen molar-refractivity contribution in [2.24, 2.45) is 0 Å². The van der Waals surface area contributed by atoms with Gasteiger partial charge in [0.15, 0.2) is 0 Å². The first-order valence-corrected chi connectivity index (χ1v) is 13.3. The van der Waals surface area contributed by atoms with Gasteiger partial charge in [0.2, 0.25) is 0 Å². The third kappa shape index (κ3) is 9.22. The number of fused-ring (bicyclic) bond motifs is 3. The van der Waals surface area contributed by atoms with Crippen molar-refractivity contribution in [1.82, 2.24) is 14.9 Å². The summed E-state index contributed by atoms with van der Waals surface area (Å²) >= 11 is 0. The summed E-state index contributed by atoms with van der Waals surface area (Å²) in [4.78, 5) is 28.9. The van der Waals surface area contributed by atoms with Crippen molar-refractivity contribution < 1.29 is 29.7 Å². The molecule has 0 aliphatic carbocycles. The molecule has 0 amide bonds. The number of benzene rings is 4. The minimum absolute atomic E-state index is 0. The van der Waals surface area contributed by atoms with Gasteiger partial charge >= 0.3 is 19.5 Å². The van der Waals surface area contributed by atoms with Crippen LogP contribution < -0.4 is 0 Å². The second kappa shape index (κ2) is 16.0. The van der Waals surface area contributed by atoms with Crippen LogP contribution in [0.25, 0.3) is 32.6 Å². The van der Waals surface area contributed by atoms with Crippen LogP contribution in [0.4, 0.5) is 0 Å². The number of para-hydroxylation sites is 2. The van der Waals surface area contributed by atoms with Crippen molar-refractivity contribution in [3.05, 3.63) is 163 Å². The van der Waals surface area contributed by atoms with E-state index in [4.69, 9.17) is 40.6 Å². The molecule has 6 rings (SSSR count). The second-order valence-electron chi connectivity index (χ2n) is 9.59. The normalized spacial score (nSPS) is 11.0. The Morgan fingerprint density at radius 1 is 0.591 bits per heavy atom. The summed E-state index contributed by atoms with van der Waals surface area (Å²) in [5.74, 6) is 0. The van der Waals surface area contributed by atoms with Gasteiger partial charge in [-0.2, -0.15) is 0 Å². The van der Waals surface area contributed by atoms with Gasteiger partial charge in [-0.1, -0.05) is 91.0 Å². The van der Waals surface area contributed by atoms with Crippen LogP contribution in [-0.2, 0) is 32.6 Å². The first-order chi connectivity index (χ1) is 20.7. The molecule has 0 saturated heterocycles. The average Bonchev–Trinajstić information content (AvgIpc) is 2.99. The number of hydrogen-bond donors (Lipinski definition) is 0. The molecule has 0 fully saturated rings. The van der Waals surface area contributed by atoms with E-state index >= 15 is 0 Å². The predicted molar refractivity (Wildman–Crippen MR) is 166 cm³/mol. The molecular formula is C32H27N5O6Zn. The monoisotopic (exact) mass is 641 g/mol. The van der Waals surface area contributed by atoms with Gasteiger partial charge in [0.25, 0.3) is 0 Å². The quantitative estimate of drug-likeness (QED) is 0.104. The smallest absolute Gasteiger partial charge is 0.356 e. The Morgan fingerprint density at radius 2 is 1.00 bits per heavy atom. The van der Waals surface area contributed by atoms with E-state index in [0.717, 1.165) is 35.5 Å². The fraction of sp³-hybridized carbons (Fsp3) is 0.125. The van der Waals surface area contributed by atoms with E-state index in [1.165, 1.54) is 27.1 Å². The zero-order valence-electron chi connectivity index (χ0n) is 23.9. The number of nitrogens with zero attached hydrogens (tertiary/aromatic N) is 5. The summed E-state index contributed by atoms with van der Waals surface area (Å²) in [6, 6.07) is 40.7. The zero-order chi connectivity index (χ0) is 30.8. The van der Waals surface area contributed by atoms with Crippen LogP contribution in [-0.4, -0.2) is 25.0 Å². The van der Waals surface area contributed by atoms with Crippen LogP contribution in [0.15, 0.2) is 115 Å².